The van der Waals surface area contributed by atoms with Gasteiger partial charge in [0.25, 0.3) is 0 Å². The minimum atomic E-state index is 0.767. The van der Waals surface area contributed by atoms with Crippen molar-refractivity contribution in [1.82, 2.24) is 0 Å². The molecule has 16 heavy (non-hydrogen) atoms. The van der Waals surface area contributed by atoms with Gasteiger partial charge in [-0.2, -0.15) is 0 Å². The fourth-order valence-electron chi connectivity index (χ4n) is 3.66. The van der Waals surface area contributed by atoms with Gasteiger partial charge in [-0.25, -0.2) is 0 Å². The number of benzene rings is 1. The largest absolute Gasteiger partial charge is 0.0999 e. The van der Waals surface area contributed by atoms with E-state index in [0.29, 0.717) is 0 Å². The van der Waals surface area contributed by atoms with E-state index < -0.39 is 0 Å². The van der Waals surface area contributed by atoms with Crippen LogP contribution in [0.1, 0.15) is 55.6 Å². The number of rotatable bonds is 1. The van der Waals surface area contributed by atoms with Gasteiger partial charge in [0.15, 0.2) is 0 Å². The number of hydrogen-bond donors (Lipinski definition) is 0. The van der Waals surface area contributed by atoms with Crippen LogP contribution in [0, 0.1) is 5.92 Å². The molecule has 3 rings (SSSR count). The fourth-order valence-corrected chi connectivity index (χ4v) is 3.66. The first-order valence-electron chi connectivity index (χ1n) is 6.50. The van der Waals surface area contributed by atoms with Crippen LogP contribution in [0.4, 0.5) is 0 Å². The van der Waals surface area contributed by atoms with Gasteiger partial charge in [-0.3, -0.25) is 0 Å². The molecule has 0 N–H and O–H groups in total. The first-order valence-corrected chi connectivity index (χ1v) is 6.50. The molecular weight excluding hydrogens is 192 g/mol. The lowest BCUT2D eigenvalue weighted by Gasteiger charge is -2.21. The molecule has 2 bridgehead atoms. The van der Waals surface area contributed by atoms with Gasteiger partial charge in [0, 0.05) is 0 Å². The first-order chi connectivity index (χ1) is 7.75. The average Bonchev–Trinajstić information content (AvgIpc) is 2.47. The van der Waals surface area contributed by atoms with Crippen molar-refractivity contribution >= 4 is 0 Å². The first kappa shape index (κ1) is 10.1. The highest BCUT2D eigenvalue weighted by Crippen LogP contribution is 2.51. The van der Waals surface area contributed by atoms with Crippen LogP contribution in [0.5, 0.6) is 0 Å². The van der Waals surface area contributed by atoms with Gasteiger partial charge in [0.1, 0.15) is 0 Å². The summed E-state index contributed by atoms with van der Waals surface area (Å²) >= 11 is 0. The van der Waals surface area contributed by atoms with E-state index in [1.165, 1.54) is 31.3 Å². The van der Waals surface area contributed by atoms with Crippen LogP contribution in [-0.4, -0.2) is 0 Å². The number of hydrogen-bond acceptors (Lipinski definition) is 0. The molecular formula is C16H20. The second-order valence-electron chi connectivity index (χ2n) is 5.61. The van der Waals surface area contributed by atoms with Crippen molar-refractivity contribution in [3.05, 3.63) is 47.5 Å². The standard InChI is InChI=1S/C16H20/c1-11(2)12-7-8-13-10-14(9-12)16-6-4-3-5-15(13)16/h3-6,12-14H,1,7-10H2,2H3/t12-,13-,14+/m0/s1. The zero-order valence-electron chi connectivity index (χ0n) is 10.1. The van der Waals surface area contributed by atoms with Crippen LogP contribution >= 0.6 is 0 Å². The lowest BCUT2D eigenvalue weighted by molar-refractivity contribution is 0.491. The quantitative estimate of drug-likeness (QED) is 0.595. The summed E-state index contributed by atoms with van der Waals surface area (Å²) in [7, 11) is 0. The monoisotopic (exact) mass is 212 g/mol. The van der Waals surface area contributed by atoms with Gasteiger partial charge in [-0.1, -0.05) is 36.4 Å². The predicted molar refractivity (Wildman–Crippen MR) is 68.7 cm³/mol. The van der Waals surface area contributed by atoms with Crippen molar-refractivity contribution in [3.8, 4) is 0 Å². The summed E-state index contributed by atoms with van der Waals surface area (Å²) in [5.41, 5.74) is 4.68. The summed E-state index contributed by atoms with van der Waals surface area (Å²) in [4.78, 5) is 0. The zero-order chi connectivity index (χ0) is 11.1. The van der Waals surface area contributed by atoms with Gasteiger partial charge in [0.05, 0.1) is 0 Å². The van der Waals surface area contributed by atoms with E-state index in [9.17, 15) is 0 Å². The van der Waals surface area contributed by atoms with E-state index in [1.807, 2.05) is 0 Å². The molecule has 84 valence electrons. The van der Waals surface area contributed by atoms with E-state index in [4.69, 9.17) is 0 Å². The minimum absolute atomic E-state index is 0.767. The average molecular weight is 212 g/mol. The Morgan fingerprint density at radius 3 is 2.44 bits per heavy atom. The third-order valence-corrected chi connectivity index (χ3v) is 4.57. The summed E-state index contributed by atoms with van der Waals surface area (Å²) < 4.78 is 0. The summed E-state index contributed by atoms with van der Waals surface area (Å²) in [6, 6.07) is 9.10. The highest BCUT2D eigenvalue weighted by atomic mass is 14.4. The van der Waals surface area contributed by atoms with Crippen molar-refractivity contribution in [2.24, 2.45) is 5.92 Å². The molecule has 3 atom stereocenters. The molecule has 0 heterocycles. The molecule has 1 saturated carbocycles. The Morgan fingerprint density at radius 2 is 1.75 bits per heavy atom. The Balaban J connectivity index is 1.95. The van der Waals surface area contributed by atoms with Crippen LogP contribution < -0.4 is 0 Å². The van der Waals surface area contributed by atoms with Crippen molar-refractivity contribution in [2.75, 3.05) is 0 Å². The van der Waals surface area contributed by atoms with E-state index in [-0.39, 0.29) is 0 Å². The third kappa shape index (κ3) is 1.52. The molecule has 0 radical (unpaired) electrons. The van der Waals surface area contributed by atoms with Crippen molar-refractivity contribution < 1.29 is 0 Å². The SMILES string of the molecule is C=C(C)[C@H]1CC[C@H]2C[C@@H](C1)c1ccccc12. The summed E-state index contributed by atoms with van der Waals surface area (Å²) in [5, 5.41) is 0. The van der Waals surface area contributed by atoms with E-state index >= 15 is 0 Å². The van der Waals surface area contributed by atoms with Gasteiger partial charge >= 0.3 is 0 Å². The Bertz CT molecular complexity index is 416. The van der Waals surface area contributed by atoms with Crippen LogP contribution in [0.15, 0.2) is 36.4 Å². The lowest BCUT2D eigenvalue weighted by Crippen LogP contribution is -2.06. The Labute approximate surface area is 98.4 Å². The number of allylic oxidation sites excluding steroid dienone is 1. The smallest absolute Gasteiger partial charge is 0.0148 e. The molecule has 2 aliphatic carbocycles. The normalized spacial score (nSPS) is 31.9. The molecule has 0 aromatic heterocycles. The van der Waals surface area contributed by atoms with Crippen molar-refractivity contribution in [2.45, 2.75) is 44.4 Å². The Kier molecular flexibility index (Phi) is 2.38. The van der Waals surface area contributed by atoms with Gasteiger partial charge < -0.3 is 0 Å². The second kappa shape index (κ2) is 3.76. The summed E-state index contributed by atoms with van der Waals surface area (Å²) in [6.07, 6.45) is 5.45. The molecule has 0 saturated heterocycles. The minimum Gasteiger partial charge on any atom is -0.0999 e. The third-order valence-electron chi connectivity index (χ3n) is 4.57. The molecule has 0 heteroatoms. The molecule has 0 spiro atoms. The molecule has 2 aliphatic rings. The van der Waals surface area contributed by atoms with Crippen LogP contribution in [-0.2, 0) is 0 Å². The highest BCUT2D eigenvalue weighted by Gasteiger charge is 2.35. The van der Waals surface area contributed by atoms with E-state index in [0.717, 1.165) is 17.8 Å². The van der Waals surface area contributed by atoms with Gasteiger partial charge in [-0.15, -0.1) is 0 Å². The van der Waals surface area contributed by atoms with Crippen molar-refractivity contribution in [1.29, 1.82) is 0 Å². The van der Waals surface area contributed by atoms with Crippen LogP contribution in [0.25, 0.3) is 0 Å². The maximum Gasteiger partial charge on any atom is -0.0148 e. The topological polar surface area (TPSA) is 0 Å². The second-order valence-corrected chi connectivity index (χ2v) is 5.61. The predicted octanol–water partition coefficient (Wildman–Crippen LogP) is 4.63. The molecule has 0 unspecified atom stereocenters. The highest BCUT2D eigenvalue weighted by molar-refractivity contribution is 5.39. The molecule has 0 nitrogen and oxygen atoms in total. The van der Waals surface area contributed by atoms with E-state index in [1.54, 1.807) is 11.1 Å². The Morgan fingerprint density at radius 1 is 1.06 bits per heavy atom. The zero-order valence-corrected chi connectivity index (χ0v) is 10.1. The molecule has 1 aromatic rings. The van der Waals surface area contributed by atoms with Gasteiger partial charge in [-0.05, 0) is 61.5 Å². The summed E-state index contributed by atoms with van der Waals surface area (Å²) in [5.74, 6) is 2.42. The number of fused-ring (bicyclic) bond motifs is 5. The fraction of sp³-hybridized carbons (Fsp3) is 0.500. The summed E-state index contributed by atoms with van der Waals surface area (Å²) in [6.45, 7) is 6.36. The molecule has 0 amide bonds. The Hall–Kier alpha value is -1.04. The van der Waals surface area contributed by atoms with Crippen LogP contribution in [0.3, 0.4) is 0 Å². The lowest BCUT2D eigenvalue weighted by atomic mass is 9.84. The van der Waals surface area contributed by atoms with E-state index in [2.05, 4.69) is 37.8 Å². The molecule has 1 aromatic carbocycles. The maximum absolute atomic E-state index is 4.16. The van der Waals surface area contributed by atoms with Crippen LogP contribution in [0.2, 0.25) is 0 Å². The maximum atomic E-state index is 4.16. The van der Waals surface area contributed by atoms with Gasteiger partial charge in [0.2, 0.25) is 0 Å². The molecule has 1 fully saturated rings. The van der Waals surface area contributed by atoms with Crippen molar-refractivity contribution in [3.63, 3.8) is 0 Å². The molecule has 0 aliphatic heterocycles.